The van der Waals surface area contributed by atoms with Crippen LogP contribution in [-0.4, -0.2) is 23.7 Å². The molecule has 1 unspecified atom stereocenters. The molecule has 2 rings (SSSR count). The summed E-state index contributed by atoms with van der Waals surface area (Å²) in [5.74, 6) is -2.27. The van der Waals surface area contributed by atoms with Crippen LogP contribution in [-0.2, 0) is 19.7 Å². The van der Waals surface area contributed by atoms with Crippen molar-refractivity contribution in [1.29, 1.82) is 0 Å². The van der Waals surface area contributed by atoms with E-state index in [1.165, 1.54) is 24.3 Å². The van der Waals surface area contributed by atoms with Crippen molar-refractivity contribution in [2.75, 3.05) is 6.61 Å². The molecule has 1 atom stereocenters. The van der Waals surface area contributed by atoms with Crippen molar-refractivity contribution in [2.45, 2.75) is 31.6 Å². The van der Waals surface area contributed by atoms with E-state index in [0.717, 1.165) is 12.8 Å². The Kier molecular flexibility index (Phi) is 4.06. The summed E-state index contributed by atoms with van der Waals surface area (Å²) in [6, 6.07) is 5.03. The van der Waals surface area contributed by atoms with Gasteiger partial charge in [-0.05, 0) is 37.0 Å². The molecule has 1 aliphatic carbocycles. The number of halogens is 1. The SMILES string of the molecule is CCOC(=O)C(CC1CC1)(C(=O)O)c1ccc(F)cc1. The molecule has 0 spiro atoms. The highest BCUT2D eigenvalue weighted by Gasteiger charge is 2.52. The van der Waals surface area contributed by atoms with Gasteiger partial charge in [0.2, 0.25) is 0 Å². The topological polar surface area (TPSA) is 63.6 Å². The van der Waals surface area contributed by atoms with Crippen LogP contribution in [0.5, 0.6) is 0 Å². The molecule has 0 saturated heterocycles. The second-order valence-electron chi connectivity index (χ2n) is 5.09. The quantitative estimate of drug-likeness (QED) is 0.642. The Morgan fingerprint density at radius 2 is 1.95 bits per heavy atom. The Morgan fingerprint density at radius 3 is 2.40 bits per heavy atom. The van der Waals surface area contributed by atoms with Crippen LogP contribution < -0.4 is 0 Å². The van der Waals surface area contributed by atoms with Crippen molar-refractivity contribution in [2.24, 2.45) is 5.92 Å². The number of aliphatic carboxylic acids is 1. The molecule has 5 heteroatoms. The Balaban J connectivity index is 2.46. The van der Waals surface area contributed by atoms with Gasteiger partial charge < -0.3 is 9.84 Å². The van der Waals surface area contributed by atoms with Gasteiger partial charge in [-0.3, -0.25) is 9.59 Å². The lowest BCUT2D eigenvalue weighted by molar-refractivity contribution is -0.162. The van der Waals surface area contributed by atoms with Gasteiger partial charge in [0, 0.05) is 0 Å². The van der Waals surface area contributed by atoms with E-state index in [0.29, 0.717) is 0 Å². The number of esters is 1. The molecule has 1 aromatic carbocycles. The van der Waals surface area contributed by atoms with Gasteiger partial charge in [-0.15, -0.1) is 0 Å². The molecule has 4 nitrogen and oxygen atoms in total. The first kappa shape index (κ1) is 14.5. The van der Waals surface area contributed by atoms with Crippen molar-refractivity contribution >= 4 is 11.9 Å². The maximum Gasteiger partial charge on any atom is 0.328 e. The molecule has 0 aliphatic heterocycles. The Labute approximate surface area is 116 Å². The van der Waals surface area contributed by atoms with E-state index in [4.69, 9.17) is 4.74 Å². The van der Waals surface area contributed by atoms with E-state index in [1.807, 2.05) is 0 Å². The maximum atomic E-state index is 13.0. The number of carboxylic acid groups (broad SMARTS) is 1. The molecule has 1 aromatic rings. The third-order valence-corrected chi connectivity index (χ3v) is 3.62. The third kappa shape index (κ3) is 2.66. The van der Waals surface area contributed by atoms with Crippen LogP contribution in [0.2, 0.25) is 0 Å². The highest BCUT2D eigenvalue weighted by molar-refractivity contribution is 6.05. The zero-order valence-corrected chi connectivity index (χ0v) is 11.3. The predicted octanol–water partition coefficient (Wildman–Crippen LogP) is 2.51. The van der Waals surface area contributed by atoms with E-state index in [-0.39, 0.29) is 24.5 Å². The van der Waals surface area contributed by atoms with E-state index >= 15 is 0 Å². The summed E-state index contributed by atoms with van der Waals surface area (Å²) in [7, 11) is 0. The second kappa shape index (κ2) is 5.61. The van der Waals surface area contributed by atoms with Crippen LogP contribution in [0.4, 0.5) is 4.39 Å². The molecule has 1 N–H and O–H groups in total. The largest absolute Gasteiger partial charge is 0.480 e. The lowest BCUT2D eigenvalue weighted by Crippen LogP contribution is -2.45. The summed E-state index contributed by atoms with van der Waals surface area (Å²) in [6.07, 6.45) is 2.03. The number of benzene rings is 1. The monoisotopic (exact) mass is 280 g/mol. The Morgan fingerprint density at radius 1 is 1.35 bits per heavy atom. The number of ether oxygens (including phenoxy) is 1. The van der Waals surface area contributed by atoms with Crippen LogP contribution in [0.3, 0.4) is 0 Å². The van der Waals surface area contributed by atoms with E-state index in [1.54, 1.807) is 6.92 Å². The average molecular weight is 280 g/mol. The van der Waals surface area contributed by atoms with Gasteiger partial charge in [-0.2, -0.15) is 0 Å². The molecule has 1 aliphatic rings. The van der Waals surface area contributed by atoms with Gasteiger partial charge in [0.1, 0.15) is 5.82 Å². The van der Waals surface area contributed by atoms with Crippen LogP contribution in [0.1, 0.15) is 31.7 Å². The van der Waals surface area contributed by atoms with Crippen molar-refractivity contribution in [3.63, 3.8) is 0 Å². The first-order valence-corrected chi connectivity index (χ1v) is 6.67. The molecule has 108 valence electrons. The van der Waals surface area contributed by atoms with Crippen LogP contribution in [0.25, 0.3) is 0 Å². The average Bonchev–Trinajstić information content (AvgIpc) is 3.21. The fourth-order valence-electron chi connectivity index (χ4n) is 2.36. The number of carbonyl (C=O) groups is 2. The third-order valence-electron chi connectivity index (χ3n) is 3.62. The minimum atomic E-state index is -1.73. The molecule has 1 saturated carbocycles. The minimum absolute atomic E-state index is 0.111. The van der Waals surface area contributed by atoms with Crippen molar-refractivity contribution in [3.8, 4) is 0 Å². The highest BCUT2D eigenvalue weighted by Crippen LogP contribution is 2.43. The molecule has 0 heterocycles. The zero-order chi connectivity index (χ0) is 14.8. The molecule has 0 bridgehead atoms. The van der Waals surface area contributed by atoms with Crippen LogP contribution in [0.15, 0.2) is 24.3 Å². The summed E-state index contributed by atoms with van der Waals surface area (Å²) >= 11 is 0. The minimum Gasteiger partial charge on any atom is -0.480 e. The fourth-order valence-corrected chi connectivity index (χ4v) is 2.36. The maximum absolute atomic E-state index is 13.0. The number of rotatable bonds is 6. The van der Waals surface area contributed by atoms with E-state index in [9.17, 15) is 19.1 Å². The normalized spacial score (nSPS) is 17.3. The summed E-state index contributed by atoms with van der Waals surface area (Å²) in [5.41, 5.74) is -1.46. The van der Waals surface area contributed by atoms with E-state index < -0.39 is 23.2 Å². The fraction of sp³-hybridized carbons (Fsp3) is 0.467. The standard InChI is InChI=1S/C15H17FO4/c1-2-20-14(19)15(13(17)18,9-10-3-4-10)11-5-7-12(16)8-6-11/h5-8,10H,2-4,9H2,1H3,(H,17,18). The summed E-state index contributed by atoms with van der Waals surface area (Å²) in [5, 5.41) is 9.63. The van der Waals surface area contributed by atoms with Crippen molar-refractivity contribution < 1.29 is 23.8 Å². The lowest BCUT2D eigenvalue weighted by Gasteiger charge is -2.27. The number of hydrogen-bond donors (Lipinski definition) is 1. The van der Waals surface area contributed by atoms with Gasteiger partial charge in [0.25, 0.3) is 0 Å². The Bertz CT molecular complexity index is 507. The zero-order valence-electron chi connectivity index (χ0n) is 11.3. The molecular weight excluding hydrogens is 263 g/mol. The Hall–Kier alpha value is -1.91. The van der Waals surface area contributed by atoms with Crippen molar-refractivity contribution in [3.05, 3.63) is 35.6 Å². The molecule has 20 heavy (non-hydrogen) atoms. The van der Waals surface area contributed by atoms with Gasteiger partial charge in [0.05, 0.1) is 6.61 Å². The molecule has 0 aromatic heterocycles. The second-order valence-corrected chi connectivity index (χ2v) is 5.09. The molecule has 0 amide bonds. The first-order chi connectivity index (χ1) is 9.50. The van der Waals surface area contributed by atoms with E-state index in [2.05, 4.69) is 0 Å². The first-order valence-electron chi connectivity index (χ1n) is 6.67. The predicted molar refractivity (Wildman–Crippen MR) is 69.7 cm³/mol. The van der Waals surface area contributed by atoms with Gasteiger partial charge >= 0.3 is 11.9 Å². The smallest absolute Gasteiger partial charge is 0.328 e. The molecule has 0 radical (unpaired) electrons. The van der Waals surface area contributed by atoms with Crippen LogP contribution in [0, 0.1) is 11.7 Å². The van der Waals surface area contributed by atoms with Crippen LogP contribution >= 0.6 is 0 Å². The number of hydrogen-bond acceptors (Lipinski definition) is 3. The van der Waals surface area contributed by atoms with Gasteiger partial charge in [-0.25, -0.2) is 4.39 Å². The molecule has 1 fully saturated rings. The lowest BCUT2D eigenvalue weighted by atomic mass is 9.76. The molecular formula is C15H17FO4. The summed E-state index contributed by atoms with van der Waals surface area (Å²) in [6.45, 7) is 1.74. The van der Waals surface area contributed by atoms with Crippen molar-refractivity contribution in [1.82, 2.24) is 0 Å². The number of carbonyl (C=O) groups excluding carboxylic acids is 1. The van der Waals surface area contributed by atoms with Gasteiger partial charge in [0.15, 0.2) is 5.41 Å². The summed E-state index contributed by atoms with van der Waals surface area (Å²) in [4.78, 5) is 24.1. The highest BCUT2D eigenvalue weighted by atomic mass is 19.1. The number of carboxylic acids is 1. The summed E-state index contributed by atoms with van der Waals surface area (Å²) < 4.78 is 18.0. The van der Waals surface area contributed by atoms with Gasteiger partial charge in [-0.1, -0.05) is 25.0 Å².